The van der Waals surface area contributed by atoms with Gasteiger partial charge in [0.05, 0.1) is 4.92 Å². The van der Waals surface area contributed by atoms with Crippen LogP contribution >= 0.6 is 11.9 Å². The summed E-state index contributed by atoms with van der Waals surface area (Å²) in [6.45, 7) is 0. The maximum Gasteiger partial charge on any atom is 0.269 e. The smallest absolute Gasteiger partial charge is 0.269 e. The van der Waals surface area contributed by atoms with Crippen molar-refractivity contribution >= 4 is 23.5 Å². The summed E-state index contributed by atoms with van der Waals surface area (Å²) in [5.41, 5.74) is 0.348. The van der Waals surface area contributed by atoms with E-state index in [0.29, 0.717) is 5.56 Å². The summed E-state index contributed by atoms with van der Waals surface area (Å²) in [5.74, 6) is -0.288. The molecule has 0 aliphatic carbocycles. The van der Waals surface area contributed by atoms with Gasteiger partial charge in [0.2, 0.25) is 0 Å². The number of rotatable bonds is 4. The molecule has 2 aromatic rings. The Morgan fingerprint density at radius 3 is 2.26 bits per heavy atom. The second-order valence-corrected chi connectivity index (χ2v) is 4.53. The van der Waals surface area contributed by atoms with Gasteiger partial charge in [-0.25, -0.2) is 0 Å². The molecule has 2 aromatic carbocycles. The third-order valence-electron chi connectivity index (χ3n) is 2.35. The highest BCUT2D eigenvalue weighted by Crippen LogP contribution is 2.16. The molecule has 0 fully saturated rings. The van der Waals surface area contributed by atoms with E-state index in [2.05, 4.69) is 4.72 Å². The van der Waals surface area contributed by atoms with Crippen LogP contribution < -0.4 is 4.72 Å². The lowest BCUT2D eigenvalue weighted by Crippen LogP contribution is -2.15. The van der Waals surface area contributed by atoms with Crippen LogP contribution in [0.4, 0.5) is 5.69 Å². The summed E-state index contributed by atoms with van der Waals surface area (Å²) in [6, 6.07) is 14.9. The Labute approximate surface area is 113 Å². The molecule has 2 rings (SSSR count). The lowest BCUT2D eigenvalue weighted by atomic mass is 10.2. The van der Waals surface area contributed by atoms with Crippen LogP contribution in [-0.4, -0.2) is 10.8 Å². The third-order valence-corrected chi connectivity index (χ3v) is 3.14. The Morgan fingerprint density at radius 2 is 1.68 bits per heavy atom. The minimum atomic E-state index is -0.500. The lowest BCUT2D eigenvalue weighted by Gasteiger charge is -2.03. The van der Waals surface area contributed by atoms with E-state index in [9.17, 15) is 14.9 Å². The van der Waals surface area contributed by atoms with Crippen LogP contribution in [0.25, 0.3) is 0 Å². The van der Waals surface area contributed by atoms with Crippen molar-refractivity contribution in [2.75, 3.05) is 0 Å². The van der Waals surface area contributed by atoms with Crippen molar-refractivity contribution in [3.63, 3.8) is 0 Å². The van der Waals surface area contributed by atoms with Crippen molar-refractivity contribution in [3.8, 4) is 0 Å². The molecule has 0 atom stereocenters. The van der Waals surface area contributed by atoms with E-state index in [1.807, 2.05) is 30.3 Å². The summed E-state index contributed by atoms with van der Waals surface area (Å²) < 4.78 is 2.67. The summed E-state index contributed by atoms with van der Waals surface area (Å²) in [6.07, 6.45) is 0. The van der Waals surface area contributed by atoms with Crippen LogP contribution in [0, 0.1) is 10.1 Å². The second-order valence-electron chi connectivity index (χ2n) is 3.65. The zero-order valence-corrected chi connectivity index (χ0v) is 10.6. The van der Waals surface area contributed by atoms with E-state index in [1.165, 1.54) is 36.2 Å². The normalized spacial score (nSPS) is 9.89. The van der Waals surface area contributed by atoms with Gasteiger partial charge in [-0.1, -0.05) is 18.2 Å². The lowest BCUT2D eigenvalue weighted by molar-refractivity contribution is -0.384. The fraction of sp³-hybridized carbons (Fsp3) is 0. The molecule has 0 bridgehead atoms. The van der Waals surface area contributed by atoms with Crippen LogP contribution in [0.2, 0.25) is 0 Å². The highest BCUT2D eigenvalue weighted by molar-refractivity contribution is 7.98. The highest BCUT2D eigenvalue weighted by atomic mass is 32.2. The van der Waals surface area contributed by atoms with E-state index in [4.69, 9.17) is 0 Å². The summed E-state index contributed by atoms with van der Waals surface area (Å²) >= 11 is 1.20. The van der Waals surface area contributed by atoms with Gasteiger partial charge in [-0.3, -0.25) is 19.6 Å². The molecular weight excluding hydrogens is 264 g/mol. The van der Waals surface area contributed by atoms with Crippen molar-refractivity contribution in [1.82, 2.24) is 4.72 Å². The predicted molar refractivity (Wildman–Crippen MR) is 72.9 cm³/mol. The highest BCUT2D eigenvalue weighted by Gasteiger charge is 2.09. The number of benzene rings is 2. The molecule has 96 valence electrons. The summed E-state index contributed by atoms with van der Waals surface area (Å²) in [7, 11) is 0. The number of hydrogen-bond donors (Lipinski definition) is 1. The molecule has 0 saturated heterocycles. The second kappa shape index (κ2) is 6.01. The monoisotopic (exact) mass is 274 g/mol. The molecule has 0 unspecified atom stereocenters. The van der Waals surface area contributed by atoms with Crippen molar-refractivity contribution in [2.24, 2.45) is 0 Å². The number of hydrogen-bond acceptors (Lipinski definition) is 4. The summed E-state index contributed by atoms with van der Waals surface area (Å²) in [4.78, 5) is 22.7. The number of carbonyl (C=O) groups is 1. The van der Waals surface area contributed by atoms with E-state index >= 15 is 0 Å². The molecule has 0 aliphatic rings. The SMILES string of the molecule is O=C(NSc1ccccc1)c1ccc([N+](=O)[O-])cc1. The molecule has 19 heavy (non-hydrogen) atoms. The molecule has 0 aliphatic heterocycles. The minimum Gasteiger partial charge on any atom is -0.292 e. The number of nitro groups is 1. The Kier molecular flexibility index (Phi) is 4.15. The standard InChI is InChI=1S/C13H10N2O3S/c16-13(14-19-12-4-2-1-3-5-12)10-6-8-11(9-7-10)15(17)18/h1-9H,(H,14,16). The molecule has 1 N–H and O–H groups in total. The van der Waals surface area contributed by atoms with Crippen LogP contribution in [0.15, 0.2) is 59.5 Å². The van der Waals surface area contributed by atoms with Gasteiger partial charge in [0.15, 0.2) is 0 Å². The van der Waals surface area contributed by atoms with Crippen molar-refractivity contribution in [1.29, 1.82) is 0 Å². The van der Waals surface area contributed by atoms with E-state index < -0.39 is 4.92 Å². The molecule has 0 saturated carbocycles. The van der Waals surface area contributed by atoms with Crippen LogP contribution in [-0.2, 0) is 0 Å². The first-order valence-corrected chi connectivity index (χ1v) is 6.25. The van der Waals surface area contributed by atoms with E-state index in [-0.39, 0.29) is 11.6 Å². The zero-order valence-electron chi connectivity index (χ0n) is 9.78. The number of non-ortho nitro benzene ring substituents is 1. The molecule has 0 aromatic heterocycles. The zero-order chi connectivity index (χ0) is 13.7. The first kappa shape index (κ1) is 13.1. The Balaban J connectivity index is 1.98. The Hall–Kier alpha value is -2.34. The quantitative estimate of drug-likeness (QED) is 0.528. The van der Waals surface area contributed by atoms with Crippen molar-refractivity contribution in [2.45, 2.75) is 4.90 Å². The first-order valence-electron chi connectivity index (χ1n) is 5.43. The Morgan fingerprint density at radius 1 is 1.05 bits per heavy atom. The summed E-state index contributed by atoms with van der Waals surface area (Å²) in [5, 5.41) is 10.5. The van der Waals surface area contributed by atoms with Gasteiger partial charge in [0.1, 0.15) is 0 Å². The maximum atomic E-state index is 11.8. The molecule has 6 heteroatoms. The number of nitrogens with zero attached hydrogens (tertiary/aromatic N) is 1. The van der Waals surface area contributed by atoms with Crippen LogP contribution in [0.1, 0.15) is 10.4 Å². The molecule has 0 heterocycles. The largest absolute Gasteiger partial charge is 0.292 e. The first-order chi connectivity index (χ1) is 9.16. The predicted octanol–water partition coefficient (Wildman–Crippen LogP) is 3.03. The maximum absolute atomic E-state index is 11.8. The van der Waals surface area contributed by atoms with Gasteiger partial charge in [0, 0.05) is 22.6 Å². The van der Waals surface area contributed by atoms with Crippen LogP contribution in [0.3, 0.4) is 0 Å². The minimum absolute atomic E-state index is 0.0349. The van der Waals surface area contributed by atoms with Gasteiger partial charge in [-0.15, -0.1) is 0 Å². The van der Waals surface area contributed by atoms with Crippen molar-refractivity contribution in [3.05, 3.63) is 70.3 Å². The molecule has 5 nitrogen and oxygen atoms in total. The average molecular weight is 274 g/mol. The number of nitro benzene ring substituents is 1. The van der Waals surface area contributed by atoms with Gasteiger partial charge in [-0.2, -0.15) is 0 Å². The molecule has 0 spiro atoms. The third kappa shape index (κ3) is 3.56. The van der Waals surface area contributed by atoms with Gasteiger partial charge in [0.25, 0.3) is 11.6 Å². The van der Waals surface area contributed by atoms with Gasteiger partial charge < -0.3 is 0 Å². The number of nitrogens with one attached hydrogen (secondary N) is 1. The number of amides is 1. The topological polar surface area (TPSA) is 72.2 Å². The Bertz CT molecular complexity index is 585. The van der Waals surface area contributed by atoms with Gasteiger partial charge >= 0.3 is 0 Å². The molecule has 1 amide bonds. The van der Waals surface area contributed by atoms with E-state index in [1.54, 1.807) is 0 Å². The fourth-order valence-corrected chi connectivity index (χ4v) is 2.01. The van der Waals surface area contributed by atoms with Crippen LogP contribution in [0.5, 0.6) is 0 Å². The molecular formula is C13H10N2O3S. The van der Waals surface area contributed by atoms with E-state index in [0.717, 1.165) is 4.90 Å². The fourth-order valence-electron chi connectivity index (χ4n) is 1.39. The van der Waals surface area contributed by atoms with Crippen molar-refractivity contribution < 1.29 is 9.72 Å². The number of carbonyl (C=O) groups excluding carboxylic acids is 1. The van der Waals surface area contributed by atoms with Gasteiger partial charge in [-0.05, 0) is 36.2 Å². The average Bonchev–Trinajstić information content (AvgIpc) is 2.46. The molecule has 0 radical (unpaired) electrons.